The van der Waals surface area contributed by atoms with Gasteiger partial charge < -0.3 is 4.52 Å². The van der Waals surface area contributed by atoms with Crippen LogP contribution in [0.25, 0.3) is 0 Å². The van der Waals surface area contributed by atoms with Gasteiger partial charge in [-0.05, 0) is 19.1 Å². The van der Waals surface area contributed by atoms with Gasteiger partial charge in [0.05, 0.1) is 5.56 Å². The van der Waals surface area contributed by atoms with E-state index in [4.69, 9.17) is 4.52 Å². The van der Waals surface area contributed by atoms with E-state index in [1.807, 2.05) is 0 Å². The number of rotatable bonds is 4. The van der Waals surface area contributed by atoms with Crippen molar-refractivity contribution in [3.8, 4) is 0 Å². The lowest BCUT2D eigenvalue weighted by molar-refractivity contribution is -0.138. The topological polar surface area (TPSA) is 9.23 Å². The SMILES string of the molecule is CCOPCc1c(F)cccc1C(F)(F)F. The van der Waals surface area contributed by atoms with E-state index in [1.165, 1.54) is 0 Å². The van der Waals surface area contributed by atoms with Gasteiger partial charge in [-0.25, -0.2) is 4.39 Å². The average molecular weight is 254 g/mol. The predicted octanol–water partition coefficient (Wildman–Crippen LogP) is 3.97. The standard InChI is InChI=1S/C10H11F4OP/c1-2-15-16-6-7-8(10(12,13)14)4-3-5-9(7)11/h3-5,16H,2,6H2,1H3. The molecule has 0 spiro atoms. The highest BCUT2D eigenvalue weighted by Gasteiger charge is 2.34. The fourth-order valence-corrected chi connectivity index (χ4v) is 2.04. The summed E-state index contributed by atoms with van der Waals surface area (Å²) in [7, 11) is -0.158. The summed E-state index contributed by atoms with van der Waals surface area (Å²) in [6.07, 6.45) is -4.57. The fourth-order valence-electron chi connectivity index (χ4n) is 1.23. The van der Waals surface area contributed by atoms with Crippen molar-refractivity contribution < 1.29 is 22.1 Å². The Kier molecular flexibility index (Phi) is 4.69. The van der Waals surface area contributed by atoms with Crippen molar-refractivity contribution in [2.24, 2.45) is 0 Å². The van der Waals surface area contributed by atoms with Crippen molar-refractivity contribution in [1.82, 2.24) is 0 Å². The Bertz CT molecular complexity index is 351. The summed E-state index contributed by atoms with van der Waals surface area (Å²) in [5.41, 5.74) is -1.23. The molecular formula is C10H11F4OP. The maximum atomic E-state index is 13.3. The Morgan fingerprint density at radius 1 is 1.31 bits per heavy atom. The molecule has 0 amide bonds. The molecule has 16 heavy (non-hydrogen) atoms. The van der Waals surface area contributed by atoms with Gasteiger partial charge in [0.2, 0.25) is 0 Å². The molecule has 1 atom stereocenters. The molecule has 0 radical (unpaired) electrons. The van der Waals surface area contributed by atoms with Crippen LogP contribution in [0.3, 0.4) is 0 Å². The third-order valence-corrected chi connectivity index (χ3v) is 2.91. The van der Waals surface area contributed by atoms with Crippen molar-refractivity contribution in [1.29, 1.82) is 0 Å². The van der Waals surface area contributed by atoms with Crippen LogP contribution in [0.15, 0.2) is 18.2 Å². The first-order valence-electron chi connectivity index (χ1n) is 4.66. The predicted molar refractivity (Wildman–Crippen MR) is 55.0 cm³/mol. The van der Waals surface area contributed by atoms with Crippen LogP contribution >= 0.6 is 8.81 Å². The maximum absolute atomic E-state index is 13.3. The number of hydrogen-bond donors (Lipinski definition) is 0. The summed E-state index contributed by atoms with van der Waals surface area (Å²) < 4.78 is 55.8. The molecule has 0 fully saturated rings. The van der Waals surface area contributed by atoms with Crippen LogP contribution in [0.2, 0.25) is 0 Å². The van der Waals surface area contributed by atoms with E-state index in [1.54, 1.807) is 6.92 Å². The zero-order valence-electron chi connectivity index (χ0n) is 8.57. The Morgan fingerprint density at radius 2 is 2.00 bits per heavy atom. The molecule has 0 bridgehead atoms. The number of hydrogen-bond acceptors (Lipinski definition) is 1. The van der Waals surface area contributed by atoms with E-state index in [9.17, 15) is 17.6 Å². The van der Waals surface area contributed by atoms with Crippen LogP contribution in [0.1, 0.15) is 18.1 Å². The maximum Gasteiger partial charge on any atom is 0.416 e. The molecule has 0 N–H and O–H groups in total. The molecule has 6 heteroatoms. The highest BCUT2D eigenvalue weighted by atomic mass is 31.1. The highest BCUT2D eigenvalue weighted by Crippen LogP contribution is 2.35. The van der Waals surface area contributed by atoms with Gasteiger partial charge in [0.25, 0.3) is 0 Å². The van der Waals surface area contributed by atoms with E-state index in [0.717, 1.165) is 18.2 Å². The van der Waals surface area contributed by atoms with E-state index in [2.05, 4.69) is 0 Å². The smallest absolute Gasteiger partial charge is 0.362 e. The molecular weight excluding hydrogens is 243 g/mol. The highest BCUT2D eigenvalue weighted by molar-refractivity contribution is 7.31. The van der Waals surface area contributed by atoms with Gasteiger partial charge in [0, 0.05) is 27.1 Å². The minimum Gasteiger partial charge on any atom is -0.362 e. The van der Waals surface area contributed by atoms with E-state index in [0.29, 0.717) is 6.61 Å². The van der Waals surface area contributed by atoms with Crippen LogP contribution in [0, 0.1) is 5.82 Å². The lowest BCUT2D eigenvalue weighted by Gasteiger charge is -2.13. The van der Waals surface area contributed by atoms with Crippen molar-refractivity contribution >= 4 is 8.81 Å². The lowest BCUT2D eigenvalue weighted by Crippen LogP contribution is -2.10. The van der Waals surface area contributed by atoms with E-state index in [-0.39, 0.29) is 20.5 Å². The zero-order valence-corrected chi connectivity index (χ0v) is 9.57. The summed E-state index contributed by atoms with van der Waals surface area (Å²) in [4.78, 5) is 0. The first-order valence-corrected chi connectivity index (χ1v) is 5.77. The van der Waals surface area contributed by atoms with E-state index >= 15 is 0 Å². The first-order chi connectivity index (χ1) is 7.46. The molecule has 1 aromatic carbocycles. The Morgan fingerprint density at radius 3 is 2.56 bits per heavy atom. The van der Waals surface area contributed by atoms with Crippen molar-refractivity contribution in [3.05, 3.63) is 35.1 Å². The van der Waals surface area contributed by atoms with Gasteiger partial charge >= 0.3 is 6.18 Å². The molecule has 0 saturated carbocycles. The Labute approximate surface area is 92.7 Å². The van der Waals surface area contributed by atoms with Gasteiger partial charge in [-0.3, -0.25) is 0 Å². The van der Waals surface area contributed by atoms with Gasteiger partial charge in [-0.1, -0.05) is 6.07 Å². The summed E-state index contributed by atoms with van der Waals surface area (Å²) in [6.45, 7) is 2.15. The van der Waals surface area contributed by atoms with Crippen LogP contribution in [0.5, 0.6) is 0 Å². The molecule has 1 unspecified atom stereocenters. The normalized spacial score (nSPS) is 12.6. The van der Waals surface area contributed by atoms with Crippen molar-refractivity contribution in [3.63, 3.8) is 0 Å². The minimum absolute atomic E-state index is 0.0463. The molecule has 1 nitrogen and oxygen atoms in total. The van der Waals surface area contributed by atoms with Gasteiger partial charge in [0.1, 0.15) is 5.82 Å². The van der Waals surface area contributed by atoms with Gasteiger partial charge in [-0.2, -0.15) is 13.2 Å². The molecule has 0 aliphatic rings. The monoisotopic (exact) mass is 254 g/mol. The second kappa shape index (κ2) is 5.60. The Hall–Kier alpha value is -0.670. The minimum atomic E-state index is -4.52. The third-order valence-electron chi connectivity index (χ3n) is 1.92. The second-order valence-electron chi connectivity index (χ2n) is 3.02. The molecule has 0 aliphatic heterocycles. The third kappa shape index (κ3) is 3.42. The largest absolute Gasteiger partial charge is 0.416 e. The van der Waals surface area contributed by atoms with Gasteiger partial charge in [0.15, 0.2) is 0 Å². The zero-order chi connectivity index (χ0) is 12.2. The molecule has 1 aromatic rings. The van der Waals surface area contributed by atoms with E-state index < -0.39 is 17.6 Å². The molecule has 0 aromatic heterocycles. The summed E-state index contributed by atoms with van der Waals surface area (Å²) in [5, 5.41) is 0. The molecule has 1 rings (SSSR count). The number of alkyl halides is 3. The van der Waals surface area contributed by atoms with Crippen molar-refractivity contribution in [2.75, 3.05) is 6.61 Å². The molecule has 0 heterocycles. The summed E-state index contributed by atoms with van der Waals surface area (Å²) >= 11 is 0. The van der Waals surface area contributed by atoms with Crippen LogP contribution in [-0.2, 0) is 16.9 Å². The molecule has 0 aliphatic carbocycles. The summed E-state index contributed by atoms with van der Waals surface area (Å²) in [5.74, 6) is -0.831. The van der Waals surface area contributed by atoms with Crippen LogP contribution < -0.4 is 0 Å². The number of halogens is 4. The quantitative estimate of drug-likeness (QED) is 0.448. The molecule has 0 saturated heterocycles. The second-order valence-corrected chi connectivity index (χ2v) is 3.95. The fraction of sp³-hybridized carbons (Fsp3) is 0.400. The Balaban J connectivity index is 2.95. The lowest BCUT2D eigenvalue weighted by atomic mass is 10.1. The van der Waals surface area contributed by atoms with Crippen LogP contribution in [0.4, 0.5) is 17.6 Å². The van der Waals surface area contributed by atoms with Gasteiger partial charge in [-0.15, -0.1) is 0 Å². The van der Waals surface area contributed by atoms with Crippen LogP contribution in [-0.4, -0.2) is 6.61 Å². The first kappa shape index (κ1) is 13.4. The average Bonchev–Trinajstić information content (AvgIpc) is 2.19. The summed E-state index contributed by atoms with van der Waals surface area (Å²) in [6, 6.07) is 2.97. The van der Waals surface area contributed by atoms with Crippen molar-refractivity contribution in [2.45, 2.75) is 19.3 Å². The number of benzene rings is 1. The molecule has 90 valence electrons.